The Balaban J connectivity index is 1.54. The number of ether oxygens (including phenoxy) is 1. The van der Waals surface area contributed by atoms with Crippen molar-refractivity contribution in [2.24, 2.45) is 12.0 Å². The second kappa shape index (κ2) is 11.8. The van der Waals surface area contributed by atoms with Gasteiger partial charge in [-0.15, -0.1) is 10.2 Å². The van der Waals surface area contributed by atoms with Crippen LogP contribution >= 0.6 is 0 Å². The molecule has 2 aromatic rings. The molecule has 170 valence electrons. The maximum Gasteiger partial charge on any atom is 0.191 e. The fraction of sp³-hybridized carbons (Fsp3) is 0.591. The van der Waals surface area contributed by atoms with Crippen LogP contribution in [0.3, 0.4) is 0 Å². The quantitative estimate of drug-likeness (QED) is 0.310. The molecule has 0 radical (unpaired) electrons. The Kier molecular flexibility index (Phi) is 8.81. The van der Waals surface area contributed by atoms with E-state index in [1.807, 2.05) is 49.7 Å². The molecule has 1 saturated heterocycles. The highest BCUT2D eigenvalue weighted by molar-refractivity contribution is 5.79. The van der Waals surface area contributed by atoms with Crippen molar-refractivity contribution in [3.8, 4) is 0 Å². The Morgan fingerprint density at radius 1 is 1.23 bits per heavy atom. The zero-order chi connectivity index (χ0) is 22.1. The highest BCUT2D eigenvalue weighted by Gasteiger charge is 2.12. The van der Waals surface area contributed by atoms with Crippen molar-refractivity contribution < 1.29 is 9.84 Å². The maximum atomic E-state index is 10.6. The van der Waals surface area contributed by atoms with Crippen LogP contribution in [0.2, 0.25) is 0 Å². The Hall–Kier alpha value is -2.49. The molecule has 1 aromatic carbocycles. The van der Waals surface area contributed by atoms with Crippen molar-refractivity contribution in [1.82, 2.24) is 30.3 Å². The molecule has 3 N–H and O–H groups in total. The molecule has 0 saturated carbocycles. The lowest BCUT2D eigenvalue weighted by Crippen LogP contribution is -2.42. The van der Waals surface area contributed by atoms with E-state index < -0.39 is 6.10 Å². The van der Waals surface area contributed by atoms with E-state index in [9.17, 15) is 5.11 Å². The average Bonchev–Trinajstić information content (AvgIpc) is 3.10. The fourth-order valence-electron chi connectivity index (χ4n) is 3.44. The third-order valence-electron chi connectivity index (χ3n) is 5.50. The number of morpholine rings is 1. The third-order valence-corrected chi connectivity index (χ3v) is 5.50. The zero-order valence-corrected chi connectivity index (χ0v) is 18.8. The number of hydrogen-bond acceptors (Lipinski definition) is 6. The number of rotatable bonds is 9. The summed E-state index contributed by atoms with van der Waals surface area (Å²) in [6.07, 6.45) is 0.391. The minimum absolute atomic E-state index is 0.372. The third kappa shape index (κ3) is 7.30. The van der Waals surface area contributed by atoms with Crippen LogP contribution in [0.15, 0.2) is 29.3 Å². The summed E-state index contributed by atoms with van der Waals surface area (Å²) in [6.45, 7) is 10.2. The fourth-order valence-corrected chi connectivity index (χ4v) is 3.44. The van der Waals surface area contributed by atoms with Crippen LogP contribution in [0.4, 0.5) is 0 Å². The molecule has 1 atom stereocenters. The van der Waals surface area contributed by atoms with Gasteiger partial charge in [-0.1, -0.05) is 29.8 Å². The maximum absolute atomic E-state index is 10.6. The first-order valence-electron chi connectivity index (χ1n) is 10.9. The summed E-state index contributed by atoms with van der Waals surface area (Å²) in [5, 5.41) is 25.5. The summed E-state index contributed by atoms with van der Waals surface area (Å²) in [4.78, 5) is 7.08. The van der Waals surface area contributed by atoms with Crippen molar-refractivity contribution in [2.45, 2.75) is 32.9 Å². The van der Waals surface area contributed by atoms with E-state index in [2.05, 4.69) is 30.7 Å². The van der Waals surface area contributed by atoms with Crippen molar-refractivity contribution in [3.05, 3.63) is 47.0 Å². The minimum atomic E-state index is -0.614. The van der Waals surface area contributed by atoms with Gasteiger partial charge in [0.05, 0.1) is 19.3 Å². The molecule has 0 spiro atoms. The molecule has 1 unspecified atom stereocenters. The molecule has 9 heteroatoms. The molecule has 31 heavy (non-hydrogen) atoms. The zero-order valence-electron chi connectivity index (χ0n) is 18.8. The topological polar surface area (TPSA) is 99.8 Å². The van der Waals surface area contributed by atoms with Gasteiger partial charge in [0.15, 0.2) is 11.8 Å². The summed E-state index contributed by atoms with van der Waals surface area (Å²) in [5.41, 5.74) is 2.02. The monoisotopic (exact) mass is 429 g/mol. The molecule has 0 amide bonds. The summed E-state index contributed by atoms with van der Waals surface area (Å²) < 4.78 is 7.34. The SMILES string of the molecule is Cc1cccc(C(O)CNC(=NCc2nnc(C)n2C)NCCCN2CCOCC2)c1. The second-order valence-corrected chi connectivity index (χ2v) is 7.93. The molecular formula is C22H35N7O2. The van der Waals surface area contributed by atoms with Crippen LogP contribution < -0.4 is 10.6 Å². The lowest BCUT2D eigenvalue weighted by atomic mass is 10.1. The number of aryl methyl sites for hydroxylation is 2. The lowest BCUT2D eigenvalue weighted by Gasteiger charge is -2.26. The van der Waals surface area contributed by atoms with Crippen LogP contribution in [-0.2, 0) is 18.3 Å². The van der Waals surface area contributed by atoms with Crippen LogP contribution in [-0.4, -0.2) is 76.7 Å². The molecule has 1 fully saturated rings. The van der Waals surface area contributed by atoms with Crippen LogP contribution in [0.1, 0.15) is 35.3 Å². The van der Waals surface area contributed by atoms with Gasteiger partial charge in [0.1, 0.15) is 12.4 Å². The van der Waals surface area contributed by atoms with Gasteiger partial charge in [-0.05, 0) is 32.4 Å². The number of aliphatic hydroxyl groups is 1. The highest BCUT2D eigenvalue weighted by Crippen LogP contribution is 2.13. The minimum Gasteiger partial charge on any atom is -0.387 e. The second-order valence-electron chi connectivity index (χ2n) is 7.93. The largest absolute Gasteiger partial charge is 0.387 e. The number of guanidine groups is 1. The van der Waals surface area contributed by atoms with E-state index in [0.29, 0.717) is 19.0 Å². The number of nitrogens with zero attached hydrogens (tertiary/aromatic N) is 5. The smallest absolute Gasteiger partial charge is 0.191 e. The van der Waals surface area contributed by atoms with Crippen molar-refractivity contribution in [2.75, 3.05) is 45.9 Å². The highest BCUT2D eigenvalue weighted by atomic mass is 16.5. The van der Waals surface area contributed by atoms with Gasteiger partial charge < -0.3 is 25.0 Å². The number of hydrogen-bond donors (Lipinski definition) is 3. The first-order valence-corrected chi connectivity index (χ1v) is 10.9. The predicted molar refractivity (Wildman–Crippen MR) is 121 cm³/mol. The van der Waals surface area contributed by atoms with E-state index in [4.69, 9.17) is 4.74 Å². The van der Waals surface area contributed by atoms with Gasteiger partial charge in [-0.3, -0.25) is 4.90 Å². The number of nitrogens with one attached hydrogen (secondary N) is 2. The molecule has 1 aromatic heterocycles. The number of aliphatic hydroxyl groups excluding tert-OH is 1. The van der Waals surface area contributed by atoms with E-state index in [1.165, 1.54) is 0 Å². The van der Waals surface area contributed by atoms with E-state index in [-0.39, 0.29) is 0 Å². The van der Waals surface area contributed by atoms with Gasteiger partial charge >= 0.3 is 0 Å². The Morgan fingerprint density at radius 2 is 2.03 bits per heavy atom. The van der Waals surface area contributed by atoms with Gasteiger partial charge in [-0.25, -0.2) is 4.99 Å². The number of aliphatic imine (C=N–C) groups is 1. The van der Waals surface area contributed by atoms with Gasteiger partial charge in [-0.2, -0.15) is 0 Å². The van der Waals surface area contributed by atoms with Gasteiger partial charge in [0.25, 0.3) is 0 Å². The first kappa shape index (κ1) is 23.2. The molecule has 2 heterocycles. The van der Waals surface area contributed by atoms with Crippen molar-refractivity contribution in [3.63, 3.8) is 0 Å². The summed E-state index contributed by atoms with van der Waals surface area (Å²) in [7, 11) is 1.94. The summed E-state index contributed by atoms with van der Waals surface area (Å²) in [6, 6.07) is 7.92. The van der Waals surface area contributed by atoms with E-state index in [1.54, 1.807) is 0 Å². The van der Waals surface area contributed by atoms with Gasteiger partial charge in [0.2, 0.25) is 0 Å². The van der Waals surface area contributed by atoms with Crippen molar-refractivity contribution >= 4 is 5.96 Å². The normalized spacial score (nSPS) is 16.3. The van der Waals surface area contributed by atoms with Crippen LogP contribution in [0.5, 0.6) is 0 Å². The molecule has 0 aliphatic carbocycles. The summed E-state index contributed by atoms with van der Waals surface area (Å²) in [5.74, 6) is 2.31. The Labute approximate surface area is 184 Å². The van der Waals surface area contributed by atoms with E-state index >= 15 is 0 Å². The number of aromatic nitrogens is 3. The van der Waals surface area contributed by atoms with Crippen LogP contribution in [0, 0.1) is 13.8 Å². The predicted octanol–water partition coefficient (Wildman–Crippen LogP) is 0.923. The van der Waals surface area contributed by atoms with Gasteiger partial charge in [0, 0.05) is 33.2 Å². The standard InChI is InChI=1S/C22H35N7O2/c1-17-6-4-7-19(14-17)20(30)15-24-22(25-16-21-27-26-18(2)28(21)3)23-8-5-9-29-10-12-31-13-11-29/h4,6-7,14,20,30H,5,8-13,15-16H2,1-3H3,(H2,23,24,25). The number of benzene rings is 1. The lowest BCUT2D eigenvalue weighted by molar-refractivity contribution is 0.0376. The Morgan fingerprint density at radius 3 is 2.74 bits per heavy atom. The molecule has 9 nitrogen and oxygen atoms in total. The molecule has 0 bridgehead atoms. The molecule has 1 aliphatic heterocycles. The van der Waals surface area contributed by atoms with Crippen LogP contribution in [0.25, 0.3) is 0 Å². The molecule has 1 aliphatic rings. The van der Waals surface area contributed by atoms with Crippen molar-refractivity contribution in [1.29, 1.82) is 0 Å². The molecular weight excluding hydrogens is 394 g/mol. The molecule has 3 rings (SSSR count). The van der Waals surface area contributed by atoms with E-state index in [0.717, 1.165) is 68.6 Å². The Bertz CT molecular complexity index is 846. The average molecular weight is 430 g/mol. The first-order chi connectivity index (χ1) is 15.0. The summed E-state index contributed by atoms with van der Waals surface area (Å²) >= 11 is 0.